The number of hydrogen-bond acceptors (Lipinski definition) is 2. The van der Waals surface area contributed by atoms with Gasteiger partial charge >= 0.3 is 0 Å². The Kier molecular flexibility index (Phi) is 5.49. The second-order valence-electron chi connectivity index (χ2n) is 5.73. The van der Waals surface area contributed by atoms with Crippen molar-refractivity contribution < 1.29 is 0 Å². The highest BCUT2D eigenvalue weighted by molar-refractivity contribution is 6.30. The fourth-order valence-electron chi connectivity index (χ4n) is 3.30. The SMILES string of the molecule is CC.Clc1ccc2c(c1)C=Cc1cccnc1C2=C1CCNCC1. The van der Waals surface area contributed by atoms with Gasteiger partial charge in [0.1, 0.15) is 0 Å². The van der Waals surface area contributed by atoms with E-state index in [9.17, 15) is 0 Å². The zero-order valence-corrected chi connectivity index (χ0v) is 15.0. The van der Waals surface area contributed by atoms with Crippen LogP contribution >= 0.6 is 11.6 Å². The molecule has 0 atom stereocenters. The van der Waals surface area contributed by atoms with E-state index in [1.54, 1.807) is 0 Å². The van der Waals surface area contributed by atoms with Gasteiger partial charge in [0.15, 0.2) is 0 Å². The van der Waals surface area contributed by atoms with Crippen molar-refractivity contribution in [3.05, 3.63) is 69.5 Å². The number of rotatable bonds is 0. The van der Waals surface area contributed by atoms with Crippen LogP contribution in [0.3, 0.4) is 0 Å². The molecule has 0 radical (unpaired) electrons. The number of fused-ring (bicyclic) bond motifs is 2. The van der Waals surface area contributed by atoms with Gasteiger partial charge in [-0.05, 0) is 55.3 Å². The van der Waals surface area contributed by atoms with Crippen LogP contribution in [0.2, 0.25) is 5.02 Å². The molecule has 2 nitrogen and oxygen atoms in total. The van der Waals surface area contributed by atoms with Crippen LogP contribution in [0.1, 0.15) is 49.1 Å². The third-order valence-corrected chi connectivity index (χ3v) is 4.60. The van der Waals surface area contributed by atoms with Gasteiger partial charge in [0, 0.05) is 22.4 Å². The molecule has 0 bridgehead atoms. The number of aromatic nitrogens is 1. The quantitative estimate of drug-likeness (QED) is 0.591. The zero-order valence-electron chi connectivity index (χ0n) is 14.3. The van der Waals surface area contributed by atoms with E-state index in [1.165, 1.54) is 27.8 Å². The Bertz CT molecular complexity index is 782. The van der Waals surface area contributed by atoms with Crippen LogP contribution in [0.5, 0.6) is 0 Å². The first-order valence-electron chi connectivity index (χ1n) is 8.69. The van der Waals surface area contributed by atoms with E-state index >= 15 is 0 Å². The summed E-state index contributed by atoms with van der Waals surface area (Å²) in [4.78, 5) is 4.69. The van der Waals surface area contributed by atoms with E-state index in [0.29, 0.717) is 0 Å². The third-order valence-electron chi connectivity index (χ3n) is 4.36. The van der Waals surface area contributed by atoms with Crippen molar-refractivity contribution in [3.63, 3.8) is 0 Å². The molecule has 0 unspecified atom stereocenters. The van der Waals surface area contributed by atoms with Crippen molar-refractivity contribution in [1.29, 1.82) is 0 Å². The topological polar surface area (TPSA) is 24.9 Å². The molecule has 1 fully saturated rings. The standard InChI is InChI=1S/C19H17ClN2.C2H6/c20-16-5-6-17-15(12-16)4-3-14-2-1-9-22-19(14)18(17)13-7-10-21-11-8-13;1-2/h1-6,9,12,21H,7-8,10-11H2;1-2H3. The molecule has 124 valence electrons. The maximum absolute atomic E-state index is 6.20. The third kappa shape index (κ3) is 3.31. The summed E-state index contributed by atoms with van der Waals surface area (Å²) in [7, 11) is 0. The van der Waals surface area contributed by atoms with Gasteiger partial charge in [-0.25, -0.2) is 0 Å². The average Bonchev–Trinajstić information content (AvgIpc) is 2.81. The largest absolute Gasteiger partial charge is 0.316 e. The van der Waals surface area contributed by atoms with E-state index in [-0.39, 0.29) is 0 Å². The van der Waals surface area contributed by atoms with Crippen molar-refractivity contribution in [3.8, 4) is 0 Å². The lowest BCUT2D eigenvalue weighted by Gasteiger charge is -2.21. The Hall–Kier alpha value is -1.90. The molecule has 0 saturated carbocycles. The minimum absolute atomic E-state index is 0.775. The van der Waals surface area contributed by atoms with Gasteiger partial charge in [0.25, 0.3) is 0 Å². The van der Waals surface area contributed by atoms with Gasteiger partial charge in [0.05, 0.1) is 5.69 Å². The Balaban J connectivity index is 0.000000815. The van der Waals surface area contributed by atoms with E-state index in [1.807, 2.05) is 38.2 Å². The molecule has 2 aliphatic rings. The molecule has 24 heavy (non-hydrogen) atoms. The van der Waals surface area contributed by atoms with Crippen LogP contribution in [0.25, 0.3) is 17.7 Å². The number of benzene rings is 1. The van der Waals surface area contributed by atoms with Crippen LogP contribution in [0, 0.1) is 0 Å². The lowest BCUT2D eigenvalue weighted by Crippen LogP contribution is -2.24. The van der Waals surface area contributed by atoms with Gasteiger partial charge in [-0.1, -0.05) is 55.3 Å². The average molecular weight is 339 g/mol. The number of piperidine rings is 1. The minimum atomic E-state index is 0.775. The lowest BCUT2D eigenvalue weighted by molar-refractivity contribution is 0.611. The van der Waals surface area contributed by atoms with Crippen molar-refractivity contribution in [2.45, 2.75) is 26.7 Å². The first-order chi connectivity index (χ1) is 11.8. The molecule has 1 aliphatic carbocycles. The molecule has 1 saturated heterocycles. The van der Waals surface area contributed by atoms with Gasteiger partial charge < -0.3 is 5.32 Å². The molecule has 2 aromatic rings. The molecule has 1 aliphatic heterocycles. The van der Waals surface area contributed by atoms with Gasteiger partial charge in [0.2, 0.25) is 0 Å². The Morgan fingerprint density at radius 3 is 2.54 bits per heavy atom. The van der Waals surface area contributed by atoms with Crippen LogP contribution in [-0.2, 0) is 0 Å². The summed E-state index contributed by atoms with van der Waals surface area (Å²) in [6.45, 7) is 6.08. The van der Waals surface area contributed by atoms with Crippen molar-refractivity contribution >= 4 is 29.3 Å². The monoisotopic (exact) mass is 338 g/mol. The highest BCUT2D eigenvalue weighted by Crippen LogP contribution is 2.37. The highest BCUT2D eigenvalue weighted by atomic mass is 35.5. The second-order valence-corrected chi connectivity index (χ2v) is 6.17. The van der Waals surface area contributed by atoms with Crippen molar-refractivity contribution in [2.75, 3.05) is 13.1 Å². The second kappa shape index (κ2) is 7.78. The summed E-state index contributed by atoms with van der Waals surface area (Å²) in [6, 6.07) is 10.3. The van der Waals surface area contributed by atoms with Crippen molar-refractivity contribution in [2.24, 2.45) is 0 Å². The van der Waals surface area contributed by atoms with E-state index in [0.717, 1.165) is 36.6 Å². The Labute approximate surface area is 149 Å². The first-order valence-corrected chi connectivity index (χ1v) is 9.07. The predicted molar refractivity (Wildman–Crippen MR) is 104 cm³/mol. The summed E-state index contributed by atoms with van der Waals surface area (Å²) in [5.41, 5.74) is 7.48. The molecule has 1 aromatic heterocycles. The molecule has 1 aromatic carbocycles. The summed E-state index contributed by atoms with van der Waals surface area (Å²) < 4.78 is 0. The van der Waals surface area contributed by atoms with Crippen LogP contribution in [0.4, 0.5) is 0 Å². The number of pyridine rings is 1. The minimum Gasteiger partial charge on any atom is -0.316 e. The molecule has 0 amide bonds. The molecule has 0 spiro atoms. The number of hydrogen-bond donors (Lipinski definition) is 1. The number of nitrogens with one attached hydrogen (secondary N) is 1. The van der Waals surface area contributed by atoms with Crippen LogP contribution in [-0.4, -0.2) is 18.1 Å². The normalized spacial score (nSPS) is 15.8. The van der Waals surface area contributed by atoms with E-state index in [2.05, 4.69) is 29.6 Å². The van der Waals surface area contributed by atoms with Crippen LogP contribution < -0.4 is 5.32 Å². The van der Waals surface area contributed by atoms with Gasteiger partial charge in [-0.3, -0.25) is 4.98 Å². The lowest BCUT2D eigenvalue weighted by atomic mass is 9.89. The van der Waals surface area contributed by atoms with Crippen LogP contribution in [0.15, 0.2) is 42.1 Å². The summed E-state index contributed by atoms with van der Waals surface area (Å²) in [5.74, 6) is 0. The Morgan fingerprint density at radius 2 is 1.75 bits per heavy atom. The van der Waals surface area contributed by atoms with Gasteiger partial charge in [-0.2, -0.15) is 0 Å². The smallest absolute Gasteiger partial charge is 0.0780 e. The molecule has 2 heterocycles. The molecule has 1 N–H and O–H groups in total. The fourth-order valence-corrected chi connectivity index (χ4v) is 3.48. The zero-order chi connectivity index (χ0) is 16.9. The fraction of sp³-hybridized carbons (Fsp3) is 0.286. The first kappa shape index (κ1) is 16.9. The maximum Gasteiger partial charge on any atom is 0.0780 e. The molecular formula is C21H23ClN2. The Morgan fingerprint density at radius 1 is 1.00 bits per heavy atom. The summed E-state index contributed by atoms with van der Waals surface area (Å²) >= 11 is 6.20. The summed E-state index contributed by atoms with van der Waals surface area (Å²) in [6.07, 6.45) is 8.33. The van der Waals surface area contributed by atoms with E-state index < -0.39 is 0 Å². The maximum atomic E-state index is 6.20. The predicted octanol–water partition coefficient (Wildman–Crippen LogP) is 5.43. The molecular weight excluding hydrogens is 316 g/mol. The van der Waals surface area contributed by atoms with Gasteiger partial charge in [-0.15, -0.1) is 0 Å². The van der Waals surface area contributed by atoms with Crippen molar-refractivity contribution in [1.82, 2.24) is 10.3 Å². The summed E-state index contributed by atoms with van der Waals surface area (Å²) in [5, 5.41) is 4.21. The highest BCUT2D eigenvalue weighted by Gasteiger charge is 2.21. The number of halogens is 1. The molecule has 4 rings (SSSR count). The number of nitrogens with zero attached hydrogens (tertiary/aromatic N) is 1. The van der Waals surface area contributed by atoms with E-state index in [4.69, 9.17) is 16.6 Å². The molecule has 3 heteroatoms.